The molecule has 0 fully saturated rings. The van der Waals surface area contributed by atoms with Crippen LogP contribution >= 0.6 is 11.6 Å². The fourth-order valence-corrected chi connectivity index (χ4v) is 1.42. The highest BCUT2D eigenvalue weighted by Crippen LogP contribution is 2.18. The predicted molar refractivity (Wildman–Crippen MR) is 55.0 cm³/mol. The van der Waals surface area contributed by atoms with Gasteiger partial charge in [0.05, 0.1) is 5.69 Å². The molecule has 0 N–H and O–H groups in total. The lowest BCUT2D eigenvalue weighted by Crippen LogP contribution is -1.91. The highest BCUT2D eigenvalue weighted by Gasteiger charge is 2.02. The van der Waals surface area contributed by atoms with Gasteiger partial charge in [0, 0.05) is 24.0 Å². The first-order valence-electron chi connectivity index (χ1n) is 4.17. The summed E-state index contributed by atoms with van der Waals surface area (Å²) in [5, 5.41) is 0.455. The molecule has 0 radical (unpaired) electrons. The first-order valence-corrected chi connectivity index (χ1v) is 4.55. The molecule has 0 atom stereocenters. The average Bonchev–Trinajstić information content (AvgIpc) is 2.18. The Morgan fingerprint density at radius 3 is 2.79 bits per heavy atom. The van der Waals surface area contributed by atoms with Gasteiger partial charge >= 0.3 is 0 Å². The maximum Gasteiger partial charge on any atom is 0.133 e. The summed E-state index contributed by atoms with van der Waals surface area (Å²) in [5.74, 6) is 0.663. The molecule has 2 heterocycles. The maximum absolute atomic E-state index is 5.83. The molecular formula is C10H8ClN3. The second-order valence-corrected chi connectivity index (χ2v) is 3.25. The first-order chi connectivity index (χ1) is 6.75. The third kappa shape index (κ3) is 1.88. The lowest BCUT2D eigenvalue weighted by Gasteiger charge is -2.01. The molecule has 14 heavy (non-hydrogen) atoms. The van der Waals surface area contributed by atoms with Gasteiger partial charge in [-0.15, -0.1) is 0 Å². The van der Waals surface area contributed by atoms with E-state index in [0.717, 1.165) is 11.3 Å². The Labute approximate surface area is 86.8 Å². The zero-order valence-electron chi connectivity index (χ0n) is 7.61. The van der Waals surface area contributed by atoms with Crippen molar-refractivity contribution in [1.82, 2.24) is 15.0 Å². The summed E-state index contributed by atoms with van der Waals surface area (Å²) in [7, 11) is 0. The third-order valence-corrected chi connectivity index (χ3v) is 1.96. The summed E-state index contributed by atoms with van der Waals surface area (Å²) in [6.45, 7) is 1.81. The van der Waals surface area contributed by atoms with Crippen LogP contribution in [0.15, 0.2) is 30.6 Å². The highest BCUT2D eigenvalue weighted by atomic mass is 35.5. The fourth-order valence-electron chi connectivity index (χ4n) is 1.19. The van der Waals surface area contributed by atoms with Crippen molar-refractivity contribution in [2.75, 3.05) is 0 Å². The molecular weight excluding hydrogens is 198 g/mol. The molecule has 2 aromatic heterocycles. The summed E-state index contributed by atoms with van der Waals surface area (Å²) in [6.07, 6.45) is 3.47. The van der Waals surface area contributed by atoms with Crippen molar-refractivity contribution in [3.8, 4) is 11.3 Å². The van der Waals surface area contributed by atoms with Gasteiger partial charge in [-0.05, 0) is 19.1 Å². The zero-order valence-corrected chi connectivity index (χ0v) is 8.36. The Balaban J connectivity index is 2.52. The maximum atomic E-state index is 5.83. The molecule has 0 amide bonds. The number of hydrogen-bond acceptors (Lipinski definition) is 3. The standard InChI is InChI=1S/C10H8ClN3/c1-7-13-9(5-10(11)14-7)8-3-2-4-12-6-8/h2-6H,1H3. The molecule has 0 saturated carbocycles. The van der Waals surface area contributed by atoms with E-state index >= 15 is 0 Å². The number of halogens is 1. The monoisotopic (exact) mass is 205 g/mol. The van der Waals surface area contributed by atoms with Crippen LogP contribution in [0.3, 0.4) is 0 Å². The minimum Gasteiger partial charge on any atom is -0.264 e. The van der Waals surface area contributed by atoms with Crippen molar-refractivity contribution in [2.45, 2.75) is 6.92 Å². The largest absolute Gasteiger partial charge is 0.264 e. The number of hydrogen-bond donors (Lipinski definition) is 0. The Bertz CT molecular complexity index is 422. The normalized spacial score (nSPS) is 10.1. The van der Waals surface area contributed by atoms with E-state index in [9.17, 15) is 0 Å². The van der Waals surface area contributed by atoms with Crippen molar-refractivity contribution in [3.63, 3.8) is 0 Å². The van der Waals surface area contributed by atoms with E-state index in [4.69, 9.17) is 11.6 Å². The summed E-state index contributed by atoms with van der Waals surface area (Å²) in [4.78, 5) is 12.3. The van der Waals surface area contributed by atoms with Crippen LogP contribution in [-0.2, 0) is 0 Å². The molecule has 0 unspecified atom stereocenters. The zero-order chi connectivity index (χ0) is 9.97. The van der Waals surface area contributed by atoms with E-state index in [-0.39, 0.29) is 0 Å². The van der Waals surface area contributed by atoms with Crippen molar-refractivity contribution in [3.05, 3.63) is 41.6 Å². The van der Waals surface area contributed by atoms with E-state index in [0.29, 0.717) is 11.0 Å². The van der Waals surface area contributed by atoms with Crippen LogP contribution in [0, 0.1) is 6.92 Å². The number of nitrogens with zero attached hydrogens (tertiary/aromatic N) is 3. The van der Waals surface area contributed by atoms with Crippen LogP contribution in [-0.4, -0.2) is 15.0 Å². The van der Waals surface area contributed by atoms with Gasteiger partial charge in [-0.25, -0.2) is 9.97 Å². The van der Waals surface area contributed by atoms with Gasteiger partial charge < -0.3 is 0 Å². The molecule has 0 bridgehead atoms. The minimum atomic E-state index is 0.455. The van der Waals surface area contributed by atoms with Crippen LogP contribution in [0.25, 0.3) is 11.3 Å². The van der Waals surface area contributed by atoms with Crippen LogP contribution in [0.1, 0.15) is 5.82 Å². The quantitative estimate of drug-likeness (QED) is 0.672. The minimum absolute atomic E-state index is 0.455. The second-order valence-electron chi connectivity index (χ2n) is 2.86. The Hall–Kier alpha value is -1.48. The van der Waals surface area contributed by atoms with Gasteiger partial charge in [-0.2, -0.15) is 0 Å². The van der Waals surface area contributed by atoms with Gasteiger partial charge in [0.15, 0.2) is 0 Å². The van der Waals surface area contributed by atoms with Crippen LogP contribution in [0.5, 0.6) is 0 Å². The van der Waals surface area contributed by atoms with Crippen LogP contribution in [0.4, 0.5) is 0 Å². The molecule has 2 aromatic rings. The smallest absolute Gasteiger partial charge is 0.133 e. The third-order valence-electron chi connectivity index (χ3n) is 1.76. The molecule has 0 aliphatic rings. The SMILES string of the molecule is Cc1nc(Cl)cc(-c2cccnc2)n1. The van der Waals surface area contributed by atoms with Gasteiger partial charge in [0.25, 0.3) is 0 Å². The number of pyridine rings is 1. The van der Waals surface area contributed by atoms with Gasteiger partial charge in [0.1, 0.15) is 11.0 Å². The summed E-state index contributed by atoms with van der Waals surface area (Å²) < 4.78 is 0. The van der Waals surface area contributed by atoms with Crippen molar-refractivity contribution in [1.29, 1.82) is 0 Å². The topological polar surface area (TPSA) is 38.7 Å². The molecule has 2 rings (SSSR count). The average molecular weight is 206 g/mol. The van der Waals surface area contributed by atoms with Gasteiger partial charge in [0.2, 0.25) is 0 Å². The first kappa shape index (κ1) is 9.09. The summed E-state index contributed by atoms with van der Waals surface area (Å²) in [6, 6.07) is 5.53. The fraction of sp³-hybridized carbons (Fsp3) is 0.100. The molecule has 0 aliphatic heterocycles. The highest BCUT2D eigenvalue weighted by molar-refractivity contribution is 6.29. The van der Waals surface area contributed by atoms with E-state index in [1.807, 2.05) is 19.1 Å². The lowest BCUT2D eigenvalue weighted by molar-refractivity contribution is 1.06. The van der Waals surface area contributed by atoms with Crippen molar-refractivity contribution < 1.29 is 0 Å². The van der Waals surface area contributed by atoms with Crippen molar-refractivity contribution in [2.24, 2.45) is 0 Å². The predicted octanol–water partition coefficient (Wildman–Crippen LogP) is 2.50. The molecule has 0 aromatic carbocycles. The van der Waals surface area contributed by atoms with E-state index < -0.39 is 0 Å². The van der Waals surface area contributed by atoms with E-state index in [1.54, 1.807) is 18.5 Å². The number of aryl methyl sites for hydroxylation is 1. The van der Waals surface area contributed by atoms with Gasteiger partial charge in [-0.1, -0.05) is 11.6 Å². The van der Waals surface area contributed by atoms with E-state index in [2.05, 4.69) is 15.0 Å². The summed E-state index contributed by atoms with van der Waals surface area (Å²) in [5.41, 5.74) is 1.75. The second kappa shape index (κ2) is 3.72. The van der Waals surface area contributed by atoms with E-state index in [1.165, 1.54) is 0 Å². The molecule has 70 valence electrons. The number of rotatable bonds is 1. The van der Waals surface area contributed by atoms with Crippen molar-refractivity contribution >= 4 is 11.6 Å². The summed E-state index contributed by atoms with van der Waals surface area (Å²) >= 11 is 5.83. The van der Waals surface area contributed by atoms with Crippen LogP contribution < -0.4 is 0 Å². The van der Waals surface area contributed by atoms with Gasteiger partial charge in [-0.3, -0.25) is 4.98 Å². The Morgan fingerprint density at radius 2 is 2.14 bits per heavy atom. The molecule has 0 saturated heterocycles. The Kier molecular flexibility index (Phi) is 2.41. The molecule has 3 nitrogen and oxygen atoms in total. The number of aromatic nitrogens is 3. The molecule has 0 aliphatic carbocycles. The molecule has 0 spiro atoms. The lowest BCUT2D eigenvalue weighted by atomic mass is 10.2. The van der Waals surface area contributed by atoms with Crippen LogP contribution in [0.2, 0.25) is 5.15 Å². The molecule has 4 heteroatoms. The Morgan fingerprint density at radius 1 is 1.29 bits per heavy atom.